The van der Waals surface area contributed by atoms with E-state index in [9.17, 15) is 18.3 Å². The predicted molar refractivity (Wildman–Crippen MR) is 126 cm³/mol. The summed E-state index contributed by atoms with van der Waals surface area (Å²) in [4.78, 5) is 20.6. The average molecular weight is 483 g/mol. The number of nitrogens with one attached hydrogen (secondary N) is 2. The molecule has 0 saturated carbocycles. The van der Waals surface area contributed by atoms with Crippen LogP contribution in [0.25, 0.3) is 0 Å². The molecule has 0 spiro atoms. The molecule has 2 heterocycles. The fraction of sp³-hybridized carbons (Fsp3) is 0.292. The Hall–Kier alpha value is -3.34. The molecule has 0 saturated heterocycles. The van der Waals surface area contributed by atoms with Crippen LogP contribution in [-0.4, -0.2) is 41.1 Å². The Morgan fingerprint density at radius 2 is 1.88 bits per heavy atom. The van der Waals surface area contributed by atoms with Crippen molar-refractivity contribution in [3.8, 4) is 5.75 Å². The molecule has 1 aromatic heterocycles. The summed E-state index contributed by atoms with van der Waals surface area (Å²) in [6.45, 7) is 5.33. The number of sulfonamides is 1. The number of aliphatic hydroxyl groups is 1. The van der Waals surface area contributed by atoms with Crippen molar-refractivity contribution in [2.75, 3.05) is 5.32 Å². The third kappa shape index (κ3) is 4.79. The molecule has 2 aromatic carbocycles. The van der Waals surface area contributed by atoms with Crippen LogP contribution in [0.5, 0.6) is 5.75 Å². The first-order chi connectivity index (χ1) is 16.1. The summed E-state index contributed by atoms with van der Waals surface area (Å²) in [5, 5.41) is 13.7. The van der Waals surface area contributed by atoms with Crippen LogP contribution < -0.4 is 14.8 Å². The molecule has 0 fully saturated rings. The first-order valence-electron chi connectivity index (χ1n) is 10.8. The van der Waals surface area contributed by atoms with Crippen molar-refractivity contribution in [2.45, 2.75) is 49.8 Å². The molecule has 1 amide bonds. The van der Waals surface area contributed by atoms with Crippen molar-refractivity contribution < 1.29 is 23.1 Å². The number of benzene rings is 2. The van der Waals surface area contributed by atoms with Gasteiger partial charge in [0.1, 0.15) is 29.6 Å². The van der Waals surface area contributed by atoms with Crippen molar-refractivity contribution in [2.24, 2.45) is 0 Å². The summed E-state index contributed by atoms with van der Waals surface area (Å²) in [5.41, 5.74) is 0.549. The molecular weight excluding hydrogens is 456 g/mol. The zero-order valence-electron chi connectivity index (χ0n) is 19.0. The average Bonchev–Trinajstić information content (AvgIpc) is 2.82. The second kappa shape index (κ2) is 9.13. The molecule has 0 unspecified atom stereocenters. The van der Waals surface area contributed by atoms with Crippen molar-refractivity contribution in [1.29, 1.82) is 0 Å². The van der Waals surface area contributed by atoms with E-state index in [0.29, 0.717) is 17.1 Å². The Morgan fingerprint density at radius 1 is 1.15 bits per heavy atom. The number of carbonyl (C=O) groups is 1. The second-order valence-electron chi connectivity index (χ2n) is 8.55. The normalized spacial score (nSPS) is 19.1. The van der Waals surface area contributed by atoms with E-state index < -0.39 is 33.7 Å². The zero-order valence-corrected chi connectivity index (χ0v) is 19.8. The zero-order chi connectivity index (χ0) is 24.5. The SMILES string of the molecule is CCc1ccc(S(=O)(=O)N[C@@H]2c3cc(C(=O)Nc4ccncn4)ccc3OC(C)(C)[C@H]2O)cc1. The molecule has 1 aliphatic rings. The number of nitrogens with zero attached hydrogens (tertiary/aromatic N) is 2. The third-order valence-corrected chi connectivity index (χ3v) is 7.21. The van der Waals surface area contributed by atoms with E-state index in [0.717, 1.165) is 12.0 Å². The smallest absolute Gasteiger partial charge is 0.256 e. The van der Waals surface area contributed by atoms with Gasteiger partial charge in [-0.1, -0.05) is 19.1 Å². The fourth-order valence-corrected chi connectivity index (χ4v) is 4.98. The van der Waals surface area contributed by atoms with Crippen LogP contribution in [0, 0.1) is 0 Å². The van der Waals surface area contributed by atoms with Gasteiger partial charge in [0.25, 0.3) is 5.91 Å². The molecule has 10 heteroatoms. The van der Waals surface area contributed by atoms with E-state index >= 15 is 0 Å². The maximum absolute atomic E-state index is 13.2. The molecule has 4 rings (SSSR count). The molecule has 3 aromatic rings. The van der Waals surface area contributed by atoms with Gasteiger partial charge in [0.15, 0.2) is 0 Å². The highest BCUT2D eigenvalue weighted by molar-refractivity contribution is 7.89. The number of carbonyl (C=O) groups excluding carboxylic acids is 1. The van der Waals surface area contributed by atoms with Crippen LogP contribution in [0.1, 0.15) is 48.3 Å². The molecule has 34 heavy (non-hydrogen) atoms. The van der Waals surface area contributed by atoms with Crippen molar-refractivity contribution in [3.63, 3.8) is 0 Å². The summed E-state index contributed by atoms with van der Waals surface area (Å²) in [5.74, 6) is 0.253. The Morgan fingerprint density at radius 3 is 2.53 bits per heavy atom. The van der Waals surface area contributed by atoms with Crippen molar-refractivity contribution in [3.05, 3.63) is 77.7 Å². The number of fused-ring (bicyclic) bond motifs is 1. The molecule has 1 aliphatic heterocycles. The number of rotatable bonds is 6. The summed E-state index contributed by atoms with van der Waals surface area (Å²) in [6.07, 6.45) is 2.38. The van der Waals surface area contributed by atoms with E-state index in [1.807, 2.05) is 6.92 Å². The van der Waals surface area contributed by atoms with Gasteiger partial charge in [-0.25, -0.2) is 23.1 Å². The van der Waals surface area contributed by atoms with Gasteiger partial charge < -0.3 is 15.2 Å². The summed E-state index contributed by atoms with van der Waals surface area (Å²) in [6, 6.07) is 11.7. The van der Waals surface area contributed by atoms with Crippen LogP contribution in [0.2, 0.25) is 0 Å². The van der Waals surface area contributed by atoms with Gasteiger partial charge in [0.05, 0.1) is 10.9 Å². The quantitative estimate of drug-likeness (QED) is 0.492. The Balaban J connectivity index is 1.68. The first-order valence-corrected chi connectivity index (χ1v) is 12.3. The monoisotopic (exact) mass is 482 g/mol. The fourth-order valence-electron chi connectivity index (χ4n) is 3.76. The minimum Gasteiger partial charge on any atom is -0.485 e. The number of aliphatic hydroxyl groups excluding tert-OH is 1. The van der Waals surface area contributed by atoms with Crippen LogP contribution in [0.15, 0.2) is 66.0 Å². The van der Waals surface area contributed by atoms with Gasteiger partial charge in [-0.3, -0.25) is 4.79 Å². The lowest BCUT2D eigenvalue weighted by molar-refractivity contribution is -0.0603. The van der Waals surface area contributed by atoms with Gasteiger partial charge in [0, 0.05) is 17.3 Å². The minimum absolute atomic E-state index is 0.0837. The number of hydrogen-bond acceptors (Lipinski definition) is 7. The second-order valence-corrected chi connectivity index (χ2v) is 10.3. The first kappa shape index (κ1) is 23.8. The Kier molecular flexibility index (Phi) is 6.39. The molecule has 0 aliphatic carbocycles. The molecule has 0 radical (unpaired) electrons. The lowest BCUT2D eigenvalue weighted by Crippen LogP contribution is -2.53. The van der Waals surface area contributed by atoms with E-state index in [1.54, 1.807) is 44.2 Å². The highest BCUT2D eigenvalue weighted by Crippen LogP contribution is 2.41. The summed E-state index contributed by atoms with van der Waals surface area (Å²) < 4.78 is 34.9. The van der Waals surface area contributed by atoms with Crippen LogP contribution in [0.4, 0.5) is 5.82 Å². The lowest BCUT2D eigenvalue weighted by atomic mass is 9.86. The number of aromatic nitrogens is 2. The molecular formula is C24H26N4O5S. The van der Waals surface area contributed by atoms with Gasteiger partial charge >= 0.3 is 0 Å². The number of anilines is 1. The number of hydrogen-bond donors (Lipinski definition) is 3. The lowest BCUT2D eigenvalue weighted by Gasteiger charge is -2.42. The number of ether oxygens (including phenoxy) is 1. The van der Waals surface area contributed by atoms with Crippen LogP contribution >= 0.6 is 0 Å². The number of aryl methyl sites for hydroxylation is 1. The van der Waals surface area contributed by atoms with Crippen LogP contribution in [-0.2, 0) is 16.4 Å². The van der Waals surface area contributed by atoms with Gasteiger partial charge in [-0.15, -0.1) is 0 Å². The topological polar surface area (TPSA) is 131 Å². The molecule has 2 atom stereocenters. The Bertz CT molecular complexity index is 1290. The minimum atomic E-state index is -3.98. The third-order valence-electron chi connectivity index (χ3n) is 5.76. The highest BCUT2D eigenvalue weighted by atomic mass is 32.2. The summed E-state index contributed by atoms with van der Waals surface area (Å²) in [7, 11) is -3.98. The standard InChI is InChI=1S/C24H26N4O5S/c1-4-15-5-8-17(9-6-15)34(31,32)28-21-18-13-16(23(30)27-20-11-12-25-14-26-20)7-10-19(18)33-24(2,3)22(21)29/h5-14,21-22,28-29H,4H2,1-3H3,(H,25,26,27,30)/t21-,22+/m1/s1. The van der Waals surface area contributed by atoms with E-state index in [2.05, 4.69) is 20.0 Å². The molecule has 3 N–H and O–H groups in total. The Labute approximate surface area is 198 Å². The van der Waals surface area contributed by atoms with Gasteiger partial charge in [-0.05, 0) is 62.2 Å². The van der Waals surface area contributed by atoms with E-state index in [4.69, 9.17) is 4.74 Å². The maximum Gasteiger partial charge on any atom is 0.256 e. The highest BCUT2D eigenvalue weighted by Gasteiger charge is 2.44. The molecule has 9 nitrogen and oxygen atoms in total. The van der Waals surface area contributed by atoms with Crippen LogP contribution in [0.3, 0.4) is 0 Å². The molecule has 0 bridgehead atoms. The molecule has 178 valence electrons. The predicted octanol–water partition coefficient (Wildman–Crippen LogP) is 2.84. The van der Waals surface area contributed by atoms with E-state index in [-0.39, 0.29) is 10.5 Å². The van der Waals surface area contributed by atoms with Crippen molar-refractivity contribution in [1.82, 2.24) is 14.7 Å². The maximum atomic E-state index is 13.2. The number of amides is 1. The van der Waals surface area contributed by atoms with E-state index in [1.165, 1.54) is 30.7 Å². The summed E-state index contributed by atoms with van der Waals surface area (Å²) >= 11 is 0. The van der Waals surface area contributed by atoms with Crippen molar-refractivity contribution >= 4 is 21.7 Å². The van der Waals surface area contributed by atoms with Gasteiger partial charge in [-0.2, -0.15) is 0 Å². The van der Waals surface area contributed by atoms with Gasteiger partial charge in [0.2, 0.25) is 10.0 Å². The largest absolute Gasteiger partial charge is 0.485 e.